The number of nitrogens with zero attached hydrogens (tertiary/aromatic N) is 3. The van der Waals surface area contributed by atoms with Crippen LogP contribution in [0, 0.1) is 5.82 Å². The number of phenolic OH excluding ortho intramolecular Hbond substituents is 1. The van der Waals surface area contributed by atoms with E-state index in [0.29, 0.717) is 31.3 Å². The number of likely N-dealkylation sites (N-methyl/N-ethyl adjacent to an activating group) is 1. The number of ether oxygens (including phenoxy) is 1. The number of phenols is 1. The lowest BCUT2D eigenvalue weighted by Crippen LogP contribution is -2.44. The van der Waals surface area contributed by atoms with E-state index in [0.717, 1.165) is 35.3 Å². The number of H-pyrrole nitrogens is 1. The molecule has 1 unspecified atom stereocenters. The highest BCUT2D eigenvalue weighted by Gasteiger charge is 2.51. The van der Waals surface area contributed by atoms with Crippen molar-refractivity contribution in [1.29, 1.82) is 0 Å². The number of amides is 3. The molecule has 5 rings (SSSR count). The first-order valence-corrected chi connectivity index (χ1v) is 12.4. The number of aromatic nitrogens is 1. The zero-order valence-electron chi connectivity index (χ0n) is 21.0. The van der Waals surface area contributed by atoms with Crippen molar-refractivity contribution in [1.82, 2.24) is 19.7 Å². The van der Waals surface area contributed by atoms with E-state index in [1.165, 1.54) is 18.1 Å². The van der Waals surface area contributed by atoms with Crippen molar-refractivity contribution < 1.29 is 23.8 Å². The molecule has 0 saturated carbocycles. The number of fused-ring (bicyclic) bond motifs is 4. The van der Waals surface area contributed by atoms with E-state index >= 15 is 0 Å². The summed E-state index contributed by atoms with van der Waals surface area (Å²) in [5, 5.41) is 10.8. The summed E-state index contributed by atoms with van der Waals surface area (Å²) in [5.41, 5.74) is 3.07. The molecular formula is C28H31FN4O4. The van der Waals surface area contributed by atoms with E-state index in [4.69, 9.17) is 4.74 Å². The van der Waals surface area contributed by atoms with Gasteiger partial charge in [0, 0.05) is 42.2 Å². The molecule has 1 saturated heterocycles. The molecule has 2 aromatic carbocycles. The Hall–Kier alpha value is -3.85. The van der Waals surface area contributed by atoms with Crippen LogP contribution in [0.4, 0.5) is 9.18 Å². The Labute approximate surface area is 214 Å². The number of methoxy groups -OCH3 is 1. The van der Waals surface area contributed by atoms with E-state index in [1.807, 2.05) is 19.2 Å². The summed E-state index contributed by atoms with van der Waals surface area (Å²) in [6.45, 7) is 5.54. The monoisotopic (exact) mass is 506 g/mol. The quantitative estimate of drug-likeness (QED) is 0.338. The highest BCUT2D eigenvalue weighted by atomic mass is 19.1. The summed E-state index contributed by atoms with van der Waals surface area (Å²) in [6.07, 6.45) is 3.19. The molecule has 2 atom stereocenters. The third-order valence-corrected chi connectivity index (χ3v) is 7.32. The van der Waals surface area contributed by atoms with E-state index in [2.05, 4.69) is 16.5 Å². The van der Waals surface area contributed by atoms with Crippen LogP contribution in [-0.4, -0.2) is 76.6 Å². The third-order valence-electron chi connectivity index (χ3n) is 7.32. The highest BCUT2D eigenvalue weighted by Crippen LogP contribution is 2.43. The molecule has 3 aromatic rings. The maximum Gasteiger partial charge on any atom is 0.328 e. The molecule has 0 aliphatic carbocycles. The number of benzene rings is 2. The molecular weight excluding hydrogens is 475 g/mol. The van der Waals surface area contributed by atoms with Crippen molar-refractivity contribution in [3.63, 3.8) is 0 Å². The van der Waals surface area contributed by atoms with Crippen molar-refractivity contribution in [3.8, 4) is 11.5 Å². The normalized spacial score (nSPS) is 19.0. The first-order chi connectivity index (χ1) is 17.8. The summed E-state index contributed by atoms with van der Waals surface area (Å²) in [6, 6.07) is 8.46. The van der Waals surface area contributed by atoms with Gasteiger partial charge in [0.05, 0.1) is 13.2 Å². The van der Waals surface area contributed by atoms with Gasteiger partial charge in [0.1, 0.15) is 11.8 Å². The number of hydrogen-bond donors (Lipinski definition) is 2. The molecule has 3 amide bonds. The van der Waals surface area contributed by atoms with Crippen molar-refractivity contribution in [2.24, 2.45) is 0 Å². The van der Waals surface area contributed by atoms with Gasteiger partial charge in [-0.25, -0.2) is 9.18 Å². The summed E-state index contributed by atoms with van der Waals surface area (Å²) in [5.74, 6) is -0.451. The summed E-state index contributed by atoms with van der Waals surface area (Å²) in [4.78, 5) is 35.6. The Balaban J connectivity index is 1.52. The molecule has 0 spiro atoms. The first-order valence-electron chi connectivity index (χ1n) is 12.4. The second kappa shape index (κ2) is 9.89. The molecule has 3 heterocycles. The molecule has 8 nitrogen and oxygen atoms in total. The van der Waals surface area contributed by atoms with Crippen LogP contribution in [0.3, 0.4) is 0 Å². The van der Waals surface area contributed by atoms with Crippen LogP contribution in [0.1, 0.15) is 29.3 Å². The van der Waals surface area contributed by atoms with Crippen LogP contribution in [0.5, 0.6) is 11.5 Å². The van der Waals surface area contributed by atoms with Crippen LogP contribution < -0.4 is 4.74 Å². The van der Waals surface area contributed by atoms with Crippen LogP contribution >= 0.6 is 0 Å². The van der Waals surface area contributed by atoms with Gasteiger partial charge < -0.3 is 24.6 Å². The van der Waals surface area contributed by atoms with Gasteiger partial charge in [-0.3, -0.25) is 9.69 Å². The predicted octanol–water partition coefficient (Wildman–Crippen LogP) is 4.00. The minimum absolute atomic E-state index is 0.125. The van der Waals surface area contributed by atoms with Gasteiger partial charge in [-0.2, -0.15) is 0 Å². The minimum atomic E-state index is -0.650. The van der Waals surface area contributed by atoms with Gasteiger partial charge in [-0.1, -0.05) is 18.2 Å². The van der Waals surface area contributed by atoms with Crippen molar-refractivity contribution in [2.45, 2.75) is 31.3 Å². The fourth-order valence-corrected chi connectivity index (χ4v) is 5.59. The number of urea groups is 1. The number of halogens is 1. The Morgan fingerprint density at radius 2 is 2.11 bits per heavy atom. The standard InChI is InChI=1S/C28H31FN4O4/c1-4-9-31(2)10-6-11-32-27(35)24-14-20-19-15-25(37-3)21(29)16-22(19)30-26(20)23(33(24)28(32)36)13-17-7-5-8-18(34)12-17/h4-5,7-8,12,15-16,23-24,30,34H,1,6,9-11,13-14H2,2-3H3/t23?,24-/m0/s1. The van der Waals surface area contributed by atoms with E-state index < -0.39 is 17.9 Å². The van der Waals surface area contributed by atoms with Crippen molar-refractivity contribution in [3.05, 3.63) is 71.7 Å². The second-order valence-corrected chi connectivity index (χ2v) is 9.74. The van der Waals surface area contributed by atoms with E-state index in [9.17, 15) is 19.1 Å². The Morgan fingerprint density at radius 3 is 2.84 bits per heavy atom. The molecule has 194 valence electrons. The van der Waals surface area contributed by atoms with Gasteiger partial charge in [0.15, 0.2) is 11.6 Å². The molecule has 0 radical (unpaired) electrons. The largest absolute Gasteiger partial charge is 0.508 e. The number of carbonyl (C=O) groups is 2. The molecule has 1 aromatic heterocycles. The van der Waals surface area contributed by atoms with Gasteiger partial charge in [0.25, 0.3) is 5.91 Å². The summed E-state index contributed by atoms with van der Waals surface area (Å²) < 4.78 is 19.7. The number of aromatic amines is 1. The second-order valence-electron chi connectivity index (χ2n) is 9.74. The number of aromatic hydroxyl groups is 1. The summed E-state index contributed by atoms with van der Waals surface area (Å²) in [7, 11) is 3.39. The topological polar surface area (TPSA) is 89.1 Å². The Morgan fingerprint density at radius 1 is 1.30 bits per heavy atom. The smallest absolute Gasteiger partial charge is 0.328 e. The molecule has 1 fully saturated rings. The fraction of sp³-hybridized carbons (Fsp3) is 0.357. The fourth-order valence-electron chi connectivity index (χ4n) is 5.59. The number of nitrogens with one attached hydrogen (secondary N) is 1. The van der Waals surface area contributed by atoms with Gasteiger partial charge in [0.2, 0.25) is 0 Å². The van der Waals surface area contributed by atoms with Crippen LogP contribution in [0.25, 0.3) is 10.9 Å². The zero-order valence-corrected chi connectivity index (χ0v) is 21.0. The van der Waals surface area contributed by atoms with Gasteiger partial charge in [-0.05, 0) is 55.8 Å². The first kappa shape index (κ1) is 24.8. The zero-order chi connectivity index (χ0) is 26.3. The SMILES string of the molecule is C=CCN(C)CCCN1C(=O)[C@@H]2Cc3c([nH]c4cc(F)c(OC)cc34)C(Cc3cccc(O)c3)N2C1=O. The lowest BCUT2D eigenvalue weighted by molar-refractivity contribution is -0.128. The molecule has 2 N–H and O–H groups in total. The number of carbonyl (C=O) groups excluding carboxylic acids is 2. The predicted molar refractivity (Wildman–Crippen MR) is 138 cm³/mol. The Bertz CT molecular complexity index is 1370. The number of imide groups is 1. The van der Waals surface area contributed by atoms with Crippen LogP contribution in [0.15, 0.2) is 49.1 Å². The maximum atomic E-state index is 14.5. The molecule has 9 heteroatoms. The Kier molecular flexibility index (Phi) is 6.64. The van der Waals surface area contributed by atoms with Crippen LogP contribution in [0.2, 0.25) is 0 Å². The molecule has 2 aliphatic heterocycles. The lowest BCUT2D eigenvalue weighted by Gasteiger charge is -2.36. The van der Waals surface area contributed by atoms with Crippen molar-refractivity contribution >= 4 is 22.8 Å². The molecule has 2 aliphatic rings. The maximum absolute atomic E-state index is 14.5. The number of rotatable bonds is 9. The van der Waals surface area contributed by atoms with Crippen molar-refractivity contribution in [2.75, 3.05) is 33.8 Å². The highest BCUT2D eigenvalue weighted by molar-refractivity contribution is 6.05. The van der Waals surface area contributed by atoms with E-state index in [1.54, 1.807) is 29.2 Å². The minimum Gasteiger partial charge on any atom is -0.508 e. The summed E-state index contributed by atoms with van der Waals surface area (Å²) >= 11 is 0. The lowest BCUT2D eigenvalue weighted by atomic mass is 9.89. The van der Waals surface area contributed by atoms with Crippen LogP contribution in [-0.2, 0) is 17.6 Å². The average molecular weight is 507 g/mol. The molecule has 37 heavy (non-hydrogen) atoms. The molecule has 0 bridgehead atoms. The van der Waals surface area contributed by atoms with Gasteiger partial charge in [-0.15, -0.1) is 6.58 Å². The average Bonchev–Trinajstić information content (AvgIpc) is 3.33. The van der Waals surface area contributed by atoms with Gasteiger partial charge >= 0.3 is 6.03 Å². The number of hydrogen-bond acceptors (Lipinski definition) is 5. The van der Waals surface area contributed by atoms with E-state index in [-0.39, 0.29) is 23.4 Å². The third kappa shape index (κ3) is 4.44.